The zero-order valence-electron chi connectivity index (χ0n) is 14.8. The highest BCUT2D eigenvalue weighted by molar-refractivity contribution is 8.19. The van der Waals surface area contributed by atoms with E-state index in [0.29, 0.717) is 22.0 Å². The van der Waals surface area contributed by atoms with Gasteiger partial charge in [0.1, 0.15) is 0 Å². The molecule has 0 radical (unpaired) electrons. The zero-order valence-corrected chi connectivity index (χ0v) is 16.4. The van der Waals surface area contributed by atoms with Gasteiger partial charge in [-0.25, -0.2) is 4.68 Å². The number of rotatable bonds is 4. The molecule has 0 saturated carbocycles. The van der Waals surface area contributed by atoms with E-state index in [2.05, 4.69) is 32.8 Å². The summed E-state index contributed by atoms with van der Waals surface area (Å²) >= 11 is 3.93. The molecule has 0 bridgehead atoms. The SMILES string of the molecule is Cn1nc(C2CCNCC2)nc1NC(=O)c1ccc(C2SCCS2)cc1. The zero-order chi connectivity index (χ0) is 17.9. The van der Waals surface area contributed by atoms with Crippen LogP contribution in [0.4, 0.5) is 5.95 Å². The minimum absolute atomic E-state index is 0.143. The monoisotopic (exact) mass is 389 g/mol. The van der Waals surface area contributed by atoms with E-state index in [9.17, 15) is 4.79 Å². The third-order valence-electron chi connectivity index (χ3n) is 4.78. The number of amides is 1. The number of hydrogen-bond acceptors (Lipinski definition) is 6. The molecule has 2 saturated heterocycles. The maximum absolute atomic E-state index is 12.6. The molecular formula is C18H23N5OS2. The van der Waals surface area contributed by atoms with Gasteiger partial charge in [0, 0.05) is 30.0 Å². The number of nitrogens with one attached hydrogen (secondary N) is 2. The molecule has 138 valence electrons. The summed E-state index contributed by atoms with van der Waals surface area (Å²) in [6.07, 6.45) is 2.08. The molecule has 6 nitrogen and oxygen atoms in total. The minimum atomic E-state index is -0.143. The summed E-state index contributed by atoms with van der Waals surface area (Å²) in [4.78, 5) is 17.1. The van der Waals surface area contributed by atoms with Gasteiger partial charge in [0.05, 0.1) is 4.58 Å². The number of hydrogen-bond donors (Lipinski definition) is 2. The molecule has 2 aliphatic heterocycles. The van der Waals surface area contributed by atoms with Gasteiger partial charge in [-0.1, -0.05) is 12.1 Å². The summed E-state index contributed by atoms with van der Waals surface area (Å²) in [7, 11) is 1.82. The Morgan fingerprint density at radius 2 is 1.88 bits per heavy atom. The summed E-state index contributed by atoms with van der Waals surface area (Å²) < 4.78 is 2.16. The first kappa shape index (κ1) is 17.9. The van der Waals surface area contributed by atoms with Gasteiger partial charge < -0.3 is 5.32 Å². The first-order valence-corrected chi connectivity index (χ1v) is 11.1. The van der Waals surface area contributed by atoms with Crippen LogP contribution in [0.3, 0.4) is 0 Å². The van der Waals surface area contributed by atoms with Gasteiger partial charge in [-0.05, 0) is 43.6 Å². The molecular weight excluding hydrogens is 366 g/mol. The lowest BCUT2D eigenvalue weighted by Gasteiger charge is -2.19. The molecule has 2 fully saturated rings. The Labute approximate surface area is 161 Å². The summed E-state index contributed by atoms with van der Waals surface area (Å²) in [5.41, 5.74) is 1.93. The molecule has 4 rings (SSSR count). The summed E-state index contributed by atoms with van der Waals surface area (Å²) in [6.45, 7) is 1.99. The Morgan fingerprint density at radius 3 is 2.58 bits per heavy atom. The number of aromatic nitrogens is 3. The lowest BCUT2D eigenvalue weighted by atomic mass is 9.98. The number of carbonyl (C=O) groups excluding carboxylic acids is 1. The second kappa shape index (κ2) is 8.02. The van der Waals surface area contributed by atoms with E-state index in [0.717, 1.165) is 31.8 Å². The Balaban J connectivity index is 1.43. The fourth-order valence-electron chi connectivity index (χ4n) is 3.28. The number of anilines is 1. The van der Waals surface area contributed by atoms with Crippen LogP contribution in [0.25, 0.3) is 0 Å². The van der Waals surface area contributed by atoms with Crippen molar-refractivity contribution in [1.82, 2.24) is 20.1 Å². The smallest absolute Gasteiger partial charge is 0.258 e. The fourth-order valence-corrected chi connectivity index (χ4v) is 6.14. The molecule has 0 aliphatic carbocycles. The van der Waals surface area contributed by atoms with Crippen LogP contribution in [-0.2, 0) is 7.05 Å². The topological polar surface area (TPSA) is 71.8 Å². The molecule has 1 aromatic carbocycles. The average Bonchev–Trinajstić information content (AvgIpc) is 3.33. The number of carbonyl (C=O) groups is 1. The molecule has 26 heavy (non-hydrogen) atoms. The first-order chi connectivity index (χ1) is 12.7. The predicted octanol–water partition coefficient (Wildman–Crippen LogP) is 3.01. The maximum Gasteiger partial charge on any atom is 0.258 e. The van der Waals surface area contributed by atoms with Crippen LogP contribution in [0.5, 0.6) is 0 Å². The molecule has 2 aliphatic rings. The van der Waals surface area contributed by atoms with Crippen molar-refractivity contribution < 1.29 is 4.79 Å². The summed E-state index contributed by atoms with van der Waals surface area (Å²) in [6, 6.07) is 7.91. The van der Waals surface area contributed by atoms with Crippen LogP contribution in [0.15, 0.2) is 24.3 Å². The Morgan fingerprint density at radius 1 is 1.19 bits per heavy atom. The predicted molar refractivity (Wildman–Crippen MR) is 108 cm³/mol. The van der Waals surface area contributed by atoms with Crippen molar-refractivity contribution in [1.29, 1.82) is 0 Å². The number of benzene rings is 1. The highest BCUT2D eigenvalue weighted by Crippen LogP contribution is 2.45. The van der Waals surface area contributed by atoms with Gasteiger partial charge in [0.25, 0.3) is 5.91 Å². The number of aryl methyl sites for hydroxylation is 1. The normalized spacial score (nSPS) is 19.0. The van der Waals surface area contributed by atoms with E-state index >= 15 is 0 Å². The number of piperidine rings is 1. The van der Waals surface area contributed by atoms with E-state index in [4.69, 9.17) is 0 Å². The summed E-state index contributed by atoms with van der Waals surface area (Å²) in [5.74, 6) is 3.96. The van der Waals surface area contributed by atoms with Crippen LogP contribution in [0, 0.1) is 0 Å². The highest BCUT2D eigenvalue weighted by Gasteiger charge is 2.22. The van der Waals surface area contributed by atoms with Crippen molar-refractivity contribution in [3.63, 3.8) is 0 Å². The number of thioether (sulfide) groups is 2. The largest absolute Gasteiger partial charge is 0.317 e. The molecule has 2 N–H and O–H groups in total. The van der Waals surface area contributed by atoms with Crippen LogP contribution in [0.2, 0.25) is 0 Å². The third kappa shape index (κ3) is 3.92. The second-order valence-corrected chi connectivity index (χ2v) is 9.32. The van der Waals surface area contributed by atoms with E-state index in [1.807, 2.05) is 42.7 Å². The van der Waals surface area contributed by atoms with Crippen molar-refractivity contribution in [3.05, 3.63) is 41.2 Å². The molecule has 8 heteroatoms. The van der Waals surface area contributed by atoms with Crippen molar-refractivity contribution in [2.75, 3.05) is 29.9 Å². The van der Waals surface area contributed by atoms with Crippen molar-refractivity contribution >= 4 is 35.4 Å². The van der Waals surface area contributed by atoms with Gasteiger partial charge in [-0.15, -0.1) is 23.5 Å². The molecule has 0 unspecified atom stereocenters. The van der Waals surface area contributed by atoms with Gasteiger partial charge >= 0.3 is 0 Å². The van der Waals surface area contributed by atoms with E-state index in [-0.39, 0.29) is 5.91 Å². The second-order valence-electron chi connectivity index (χ2n) is 6.59. The van der Waals surface area contributed by atoms with Gasteiger partial charge in [0.2, 0.25) is 5.95 Å². The van der Waals surface area contributed by atoms with Crippen molar-refractivity contribution in [3.8, 4) is 0 Å². The molecule has 1 aromatic heterocycles. The van der Waals surface area contributed by atoms with E-state index < -0.39 is 0 Å². The van der Waals surface area contributed by atoms with Crippen LogP contribution in [0.1, 0.15) is 45.1 Å². The summed E-state index contributed by atoms with van der Waals surface area (Å²) in [5, 5.41) is 10.8. The highest BCUT2D eigenvalue weighted by atomic mass is 32.2. The molecule has 1 amide bonds. The van der Waals surface area contributed by atoms with E-state index in [1.165, 1.54) is 17.1 Å². The van der Waals surface area contributed by atoms with E-state index in [1.54, 1.807) is 4.68 Å². The van der Waals surface area contributed by atoms with Crippen molar-refractivity contribution in [2.45, 2.75) is 23.3 Å². The molecule has 2 aromatic rings. The van der Waals surface area contributed by atoms with Gasteiger partial charge in [0.15, 0.2) is 5.82 Å². The quantitative estimate of drug-likeness (QED) is 0.838. The maximum atomic E-state index is 12.6. The van der Waals surface area contributed by atoms with Crippen LogP contribution >= 0.6 is 23.5 Å². The van der Waals surface area contributed by atoms with Gasteiger partial charge in [-0.2, -0.15) is 10.1 Å². The van der Waals surface area contributed by atoms with Crippen LogP contribution < -0.4 is 10.6 Å². The minimum Gasteiger partial charge on any atom is -0.317 e. The lowest BCUT2D eigenvalue weighted by molar-refractivity contribution is 0.102. The van der Waals surface area contributed by atoms with Crippen molar-refractivity contribution in [2.24, 2.45) is 7.05 Å². The average molecular weight is 390 g/mol. The van der Waals surface area contributed by atoms with Crippen LogP contribution in [-0.4, -0.2) is 45.3 Å². The Kier molecular flexibility index (Phi) is 5.52. The van der Waals surface area contributed by atoms with Gasteiger partial charge in [-0.3, -0.25) is 10.1 Å². The Hall–Kier alpha value is -1.51. The Bertz CT molecular complexity index is 764. The molecule has 3 heterocycles. The first-order valence-electron chi connectivity index (χ1n) is 8.97. The third-order valence-corrected chi connectivity index (χ3v) is 7.88. The molecule has 0 spiro atoms. The molecule has 0 atom stereocenters. The lowest BCUT2D eigenvalue weighted by Crippen LogP contribution is -2.27. The fraction of sp³-hybridized carbons (Fsp3) is 0.500. The number of nitrogens with zero attached hydrogens (tertiary/aromatic N) is 3. The standard InChI is InChI=1S/C18H23N5OS2/c1-23-18(20-15(22-23)12-6-8-19-9-7-12)21-16(24)13-2-4-14(5-3-13)17-25-10-11-26-17/h2-5,12,17,19H,6-11H2,1H3,(H,20,21,22,24).